The van der Waals surface area contributed by atoms with Gasteiger partial charge in [-0.25, -0.2) is 0 Å². The van der Waals surface area contributed by atoms with Gasteiger partial charge in [0, 0.05) is 36.5 Å². The van der Waals surface area contributed by atoms with E-state index in [2.05, 4.69) is 15.7 Å². The summed E-state index contributed by atoms with van der Waals surface area (Å²) in [5.41, 5.74) is 0.653. The van der Waals surface area contributed by atoms with Crippen LogP contribution in [0.5, 0.6) is 0 Å². The number of aromatic nitrogens is 2. The highest BCUT2D eigenvalue weighted by atomic mass is 16.6. The minimum absolute atomic E-state index is 0.105. The van der Waals surface area contributed by atoms with E-state index >= 15 is 0 Å². The molecule has 0 radical (unpaired) electrons. The number of nitrogens with one attached hydrogen (secondary N) is 2. The van der Waals surface area contributed by atoms with E-state index in [9.17, 15) is 19.7 Å². The summed E-state index contributed by atoms with van der Waals surface area (Å²) in [7, 11) is 0. The molecule has 1 heterocycles. The van der Waals surface area contributed by atoms with Crippen molar-refractivity contribution in [2.75, 3.05) is 11.9 Å². The average Bonchev–Trinajstić information content (AvgIpc) is 3.02. The predicted octanol–water partition coefficient (Wildman–Crippen LogP) is 2.76. The third-order valence-corrected chi connectivity index (χ3v) is 3.97. The average molecular weight is 373 g/mol. The number of nitro benzene ring substituents is 1. The molecular weight excluding hydrogens is 350 g/mol. The van der Waals surface area contributed by atoms with Gasteiger partial charge >= 0.3 is 0 Å². The van der Waals surface area contributed by atoms with Crippen LogP contribution >= 0.6 is 0 Å². The van der Waals surface area contributed by atoms with Crippen LogP contribution in [0, 0.1) is 23.0 Å². The number of nitro groups is 1. The fraction of sp³-hybridized carbons (Fsp3) is 0.389. The molecule has 144 valence electrons. The summed E-state index contributed by atoms with van der Waals surface area (Å²) in [5.74, 6) is -0.653. The summed E-state index contributed by atoms with van der Waals surface area (Å²) in [5, 5.41) is 20.7. The van der Waals surface area contributed by atoms with E-state index in [0.29, 0.717) is 13.1 Å². The first kappa shape index (κ1) is 20.1. The van der Waals surface area contributed by atoms with E-state index < -0.39 is 10.8 Å². The van der Waals surface area contributed by atoms with Crippen molar-refractivity contribution in [1.29, 1.82) is 0 Å². The first-order valence-corrected chi connectivity index (χ1v) is 8.65. The summed E-state index contributed by atoms with van der Waals surface area (Å²) in [6, 6.07) is 4.29. The molecule has 0 saturated carbocycles. The molecule has 2 N–H and O–H groups in total. The normalized spacial score (nSPS) is 10.7. The Morgan fingerprint density at radius 1 is 1.30 bits per heavy atom. The van der Waals surface area contributed by atoms with Crippen LogP contribution in [0.25, 0.3) is 0 Å². The summed E-state index contributed by atoms with van der Waals surface area (Å²) in [6.07, 6.45) is 1.56. The Morgan fingerprint density at radius 3 is 2.59 bits per heavy atom. The third kappa shape index (κ3) is 4.69. The van der Waals surface area contributed by atoms with Gasteiger partial charge in [0.15, 0.2) is 5.69 Å². The Hall–Kier alpha value is -3.23. The molecule has 0 aliphatic rings. The number of anilines is 1. The zero-order chi connectivity index (χ0) is 20.1. The number of amides is 2. The first-order valence-electron chi connectivity index (χ1n) is 8.65. The lowest BCUT2D eigenvalue weighted by molar-refractivity contribution is -0.385. The van der Waals surface area contributed by atoms with Crippen molar-refractivity contribution >= 4 is 23.2 Å². The number of hydrogen-bond donors (Lipinski definition) is 2. The Kier molecular flexibility index (Phi) is 6.27. The Labute approximate surface area is 156 Å². The van der Waals surface area contributed by atoms with Crippen LogP contribution in [0.4, 0.5) is 11.4 Å². The molecule has 0 spiro atoms. The van der Waals surface area contributed by atoms with Crippen molar-refractivity contribution in [2.45, 2.75) is 34.2 Å². The molecule has 0 fully saturated rings. The fourth-order valence-corrected chi connectivity index (χ4v) is 2.48. The van der Waals surface area contributed by atoms with Gasteiger partial charge in [0.05, 0.1) is 10.6 Å². The van der Waals surface area contributed by atoms with E-state index in [1.165, 1.54) is 25.1 Å². The smallest absolute Gasteiger partial charge is 0.273 e. The Morgan fingerprint density at radius 2 is 2.00 bits per heavy atom. The largest absolute Gasteiger partial charge is 0.350 e. The van der Waals surface area contributed by atoms with E-state index in [1.54, 1.807) is 10.9 Å². The van der Waals surface area contributed by atoms with Gasteiger partial charge in [-0.05, 0) is 25.8 Å². The maximum absolute atomic E-state index is 12.6. The molecule has 1 aromatic heterocycles. The van der Waals surface area contributed by atoms with Gasteiger partial charge in [0.1, 0.15) is 0 Å². The van der Waals surface area contributed by atoms with E-state index in [-0.39, 0.29) is 40.0 Å². The fourth-order valence-electron chi connectivity index (χ4n) is 2.48. The highest BCUT2D eigenvalue weighted by Crippen LogP contribution is 2.23. The maximum atomic E-state index is 12.6. The van der Waals surface area contributed by atoms with Crippen LogP contribution in [0.1, 0.15) is 47.2 Å². The van der Waals surface area contributed by atoms with Gasteiger partial charge in [0.2, 0.25) is 0 Å². The number of rotatable bonds is 7. The van der Waals surface area contributed by atoms with Crippen molar-refractivity contribution in [3.8, 4) is 0 Å². The van der Waals surface area contributed by atoms with Crippen LogP contribution in [-0.4, -0.2) is 33.1 Å². The molecule has 0 atom stereocenters. The lowest BCUT2D eigenvalue weighted by atomic mass is 10.1. The summed E-state index contributed by atoms with van der Waals surface area (Å²) < 4.78 is 1.54. The lowest BCUT2D eigenvalue weighted by Crippen LogP contribution is -2.29. The molecule has 2 aromatic rings. The maximum Gasteiger partial charge on any atom is 0.273 e. The van der Waals surface area contributed by atoms with Gasteiger partial charge in [-0.3, -0.25) is 24.4 Å². The Bertz CT molecular complexity index is 873. The number of benzene rings is 1. The molecule has 0 saturated heterocycles. The molecule has 0 bridgehead atoms. The van der Waals surface area contributed by atoms with Crippen molar-refractivity contribution < 1.29 is 14.5 Å². The quantitative estimate of drug-likeness (QED) is 0.571. The van der Waals surface area contributed by atoms with Gasteiger partial charge in [-0.15, -0.1) is 0 Å². The van der Waals surface area contributed by atoms with Gasteiger partial charge in [-0.1, -0.05) is 19.9 Å². The van der Waals surface area contributed by atoms with Crippen LogP contribution in [-0.2, 0) is 6.54 Å². The highest BCUT2D eigenvalue weighted by Gasteiger charge is 2.22. The molecule has 9 heteroatoms. The van der Waals surface area contributed by atoms with E-state index in [1.807, 2.05) is 20.8 Å². The third-order valence-electron chi connectivity index (χ3n) is 3.97. The zero-order valence-corrected chi connectivity index (χ0v) is 15.8. The molecule has 2 rings (SSSR count). The second-order valence-corrected chi connectivity index (χ2v) is 6.51. The molecule has 0 aliphatic heterocycles. The molecule has 9 nitrogen and oxygen atoms in total. The number of carbonyl (C=O) groups excluding carboxylic acids is 2. The van der Waals surface area contributed by atoms with Crippen molar-refractivity contribution in [1.82, 2.24) is 15.1 Å². The minimum Gasteiger partial charge on any atom is -0.350 e. The van der Waals surface area contributed by atoms with Crippen LogP contribution in [0.3, 0.4) is 0 Å². The van der Waals surface area contributed by atoms with Crippen LogP contribution in [0.15, 0.2) is 24.4 Å². The van der Waals surface area contributed by atoms with Crippen molar-refractivity contribution in [2.24, 2.45) is 5.92 Å². The molecule has 1 aromatic carbocycles. The minimum atomic E-state index is -0.537. The van der Waals surface area contributed by atoms with Gasteiger partial charge in [0.25, 0.3) is 17.5 Å². The van der Waals surface area contributed by atoms with E-state index in [0.717, 1.165) is 0 Å². The summed E-state index contributed by atoms with van der Waals surface area (Å²) in [4.78, 5) is 35.6. The van der Waals surface area contributed by atoms with Crippen LogP contribution < -0.4 is 10.6 Å². The van der Waals surface area contributed by atoms with Crippen LogP contribution in [0.2, 0.25) is 0 Å². The first-order chi connectivity index (χ1) is 12.7. The summed E-state index contributed by atoms with van der Waals surface area (Å²) >= 11 is 0. The summed E-state index contributed by atoms with van der Waals surface area (Å²) in [6.45, 7) is 8.32. The molecule has 27 heavy (non-hydrogen) atoms. The lowest BCUT2D eigenvalue weighted by Gasteiger charge is -2.09. The molecule has 2 amide bonds. The molecule has 0 aliphatic carbocycles. The second kappa shape index (κ2) is 8.43. The number of nitrogens with zero attached hydrogens (tertiary/aromatic N) is 3. The SMILES string of the molecule is CCn1cc(NC(=O)c2cccc([N+](=O)[O-])c2C)c(C(=O)NCC(C)C)n1. The molecule has 0 unspecified atom stereocenters. The predicted molar refractivity (Wildman–Crippen MR) is 101 cm³/mol. The van der Waals surface area contributed by atoms with Crippen molar-refractivity contribution in [3.05, 3.63) is 51.3 Å². The number of hydrogen-bond acceptors (Lipinski definition) is 5. The van der Waals surface area contributed by atoms with Crippen molar-refractivity contribution in [3.63, 3.8) is 0 Å². The topological polar surface area (TPSA) is 119 Å². The zero-order valence-electron chi connectivity index (χ0n) is 15.8. The number of carbonyl (C=O) groups is 2. The van der Waals surface area contributed by atoms with E-state index in [4.69, 9.17) is 0 Å². The van der Waals surface area contributed by atoms with Gasteiger partial charge in [-0.2, -0.15) is 5.10 Å². The highest BCUT2D eigenvalue weighted by molar-refractivity contribution is 6.09. The molecular formula is C18H23N5O4. The number of aryl methyl sites for hydroxylation is 1. The standard InChI is InChI=1S/C18H23N5O4/c1-5-22-10-14(16(21-22)18(25)19-9-11(2)3)20-17(24)13-7-6-8-15(12(13)4)23(26)27/h6-8,10-11H,5,9H2,1-4H3,(H,19,25)(H,20,24). The second-order valence-electron chi connectivity index (χ2n) is 6.51. The van der Waals surface area contributed by atoms with Gasteiger partial charge < -0.3 is 10.6 Å². The monoisotopic (exact) mass is 373 g/mol. The Balaban J connectivity index is 2.30.